The van der Waals surface area contributed by atoms with Crippen LogP contribution in [0.15, 0.2) is 79.0 Å². The lowest BCUT2D eigenvalue weighted by Gasteiger charge is -2.30. The van der Waals surface area contributed by atoms with Crippen LogP contribution >= 0.6 is 0 Å². The molecule has 1 aromatic heterocycles. The van der Waals surface area contributed by atoms with Gasteiger partial charge in [0.15, 0.2) is 0 Å². The summed E-state index contributed by atoms with van der Waals surface area (Å²) in [5.74, 6) is 0.413. The highest BCUT2D eigenvalue weighted by Crippen LogP contribution is 2.34. The second-order valence-electron chi connectivity index (χ2n) is 6.77. The van der Waals surface area contributed by atoms with Gasteiger partial charge in [0.2, 0.25) is 0 Å². The average molecular weight is 328 g/mol. The summed E-state index contributed by atoms with van der Waals surface area (Å²) in [6.07, 6.45) is 11.1. The van der Waals surface area contributed by atoms with Gasteiger partial charge in [-0.15, -0.1) is 0 Å². The van der Waals surface area contributed by atoms with Crippen LogP contribution in [0.5, 0.6) is 0 Å². The van der Waals surface area contributed by atoms with Gasteiger partial charge in [-0.05, 0) is 49.3 Å². The standard InChI is InChI=1S/C23H24N2/c1-2-7-15-22(25-19-11-4-3-5-12-19)21(14-6-1)23-20-13-9-8-10-18(20)16-17-24-23/h1-5,8-13,16-17,21-22,25H,6-7,14-15H2/b2-1-/t21-,22-/m0/s1. The van der Waals surface area contributed by atoms with Gasteiger partial charge in [0.25, 0.3) is 0 Å². The first-order valence-electron chi connectivity index (χ1n) is 9.22. The predicted octanol–water partition coefficient (Wildman–Crippen LogP) is 5.93. The number of aromatic nitrogens is 1. The zero-order valence-electron chi connectivity index (χ0n) is 14.4. The SMILES string of the molecule is C1=C\CC[C@H](c2nccc3ccccc23)[C@@H](Nc2ccccc2)CC/1. The van der Waals surface area contributed by atoms with Crippen molar-refractivity contribution < 1.29 is 0 Å². The number of nitrogens with zero attached hydrogens (tertiary/aromatic N) is 1. The molecule has 1 aliphatic carbocycles. The first kappa shape index (κ1) is 15.9. The summed E-state index contributed by atoms with van der Waals surface area (Å²) in [6.45, 7) is 0. The van der Waals surface area contributed by atoms with Gasteiger partial charge in [0.1, 0.15) is 0 Å². The molecule has 1 N–H and O–H groups in total. The maximum atomic E-state index is 4.83. The van der Waals surface area contributed by atoms with Gasteiger partial charge in [-0.2, -0.15) is 0 Å². The monoisotopic (exact) mass is 328 g/mol. The second-order valence-corrected chi connectivity index (χ2v) is 6.77. The molecule has 0 spiro atoms. The van der Waals surface area contributed by atoms with Crippen LogP contribution in [0, 0.1) is 0 Å². The minimum atomic E-state index is 0.394. The lowest BCUT2D eigenvalue weighted by molar-refractivity contribution is 0.491. The average Bonchev–Trinajstić information content (AvgIpc) is 2.65. The number of hydrogen-bond donors (Lipinski definition) is 1. The Morgan fingerprint density at radius 3 is 2.44 bits per heavy atom. The van der Waals surface area contributed by atoms with E-state index in [1.54, 1.807) is 0 Å². The van der Waals surface area contributed by atoms with Crippen LogP contribution in [0.1, 0.15) is 37.3 Å². The first-order chi connectivity index (χ1) is 12.4. The summed E-state index contributed by atoms with van der Waals surface area (Å²) in [7, 11) is 0. The Morgan fingerprint density at radius 1 is 0.800 bits per heavy atom. The quantitative estimate of drug-likeness (QED) is 0.603. The van der Waals surface area contributed by atoms with E-state index in [0.29, 0.717) is 12.0 Å². The molecule has 4 rings (SSSR count). The van der Waals surface area contributed by atoms with Crippen LogP contribution in [-0.4, -0.2) is 11.0 Å². The maximum absolute atomic E-state index is 4.83. The molecule has 126 valence electrons. The smallest absolute Gasteiger partial charge is 0.0533 e. The highest BCUT2D eigenvalue weighted by atomic mass is 14.9. The summed E-state index contributed by atoms with van der Waals surface area (Å²) < 4.78 is 0. The van der Waals surface area contributed by atoms with Crippen LogP contribution in [0.2, 0.25) is 0 Å². The van der Waals surface area contributed by atoms with E-state index >= 15 is 0 Å². The van der Waals surface area contributed by atoms with Crippen LogP contribution in [0.25, 0.3) is 10.8 Å². The minimum Gasteiger partial charge on any atom is -0.382 e. The van der Waals surface area contributed by atoms with Gasteiger partial charge >= 0.3 is 0 Å². The van der Waals surface area contributed by atoms with Crippen molar-refractivity contribution in [2.24, 2.45) is 0 Å². The van der Waals surface area contributed by atoms with E-state index in [0.717, 1.165) is 25.7 Å². The van der Waals surface area contributed by atoms with Crippen molar-refractivity contribution >= 4 is 16.5 Å². The molecule has 1 heterocycles. The highest BCUT2D eigenvalue weighted by molar-refractivity contribution is 5.84. The van der Waals surface area contributed by atoms with E-state index < -0.39 is 0 Å². The van der Waals surface area contributed by atoms with E-state index in [1.807, 2.05) is 6.20 Å². The van der Waals surface area contributed by atoms with Crippen molar-refractivity contribution in [3.8, 4) is 0 Å². The molecule has 0 aliphatic heterocycles. The Morgan fingerprint density at radius 2 is 1.56 bits per heavy atom. The number of nitrogens with one attached hydrogen (secondary N) is 1. The molecule has 0 amide bonds. The fourth-order valence-electron chi connectivity index (χ4n) is 3.88. The normalized spacial score (nSPS) is 22.1. The predicted molar refractivity (Wildman–Crippen MR) is 106 cm³/mol. The summed E-state index contributed by atoms with van der Waals surface area (Å²) in [5.41, 5.74) is 2.43. The van der Waals surface area contributed by atoms with Crippen molar-refractivity contribution in [1.82, 2.24) is 4.98 Å². The highest BCUT2D eigenvalue weighted by Gasteiger charge is 2.26. The second kappa shape index (κ2) is 7.52. The summed E-state index contributed by atoms with van der Waals surface area (Å²) in [4.78, 5) is 4.83. The van der Waals surface area contributed by atoms with Gasteiger partial charge in [-0.3, -0.25) is 4.98 Å². The molecule has 2 aromatic carbocycles. The van der Waals surface area contributed by atoms with Crippen molar-refractivity contribution in [3.05, 3.63) is 84.7 Å². The Balaban J connectivity index is 1.73. The third-order valence-electron chi connectivity index (χ3n) is 5.12. The number of anilines is 1. The number of pyridine rings is 1. The molecule has 0 unspecified atom stereocenters. The molecule has 2 nitrogen and oxygen atoms in total. The Hall–Kier alpha value is -2.61. The van der Waals surface area contributed by atoms with Gasteiger partial charge in [0, 0.05) is 29.2 Å². The lowest BCUT2D eigenvalue weighted by atomic mass is 9.84. The Kier molecular flexibility index (Phi) is 4.78. The number of rotatable bonds is 3. The van der Waals surface area contributed by atoms with Crippen LogP contribution in [0.4, 0.5) is 5.69 Å². The van der Waals surface area contributed by atoms with E-state index in [-0.39, 0.29) is 0 Å². The van der Waals surface area contributed by atoms with Gasteiger partial charge in [-0.25, -0.2) is 0 Å². The van der Waals surface area contributed by atoms with Crippen molar-refractivity contribution in [3.63, 3.8) is 0 Å². The summed E-state index contributed by atoms with van der Waals surface area (Å²) in [6, 6.07) is 21.7. The van der Waals surface area contributed by atoms with Crippen molar-refractivity contribution in [1.29, 1.82) is 0 Å². The number of hydrogen-bond acceptors (Lipinski definition) is 2. The minimum absolute atomic E-state index is 0.394. The van der Waals surface area contributed by atoms with Gasteiger partial charge in [0.05, 0.1) is 5.69 Å². The maximum Gasteiger partial charge on any atom is 0.0533 e. The third kappa shape index (κ3) is 3.58. The lowest BCUT2D eigenvalue weighted by Crippen LogP contribution is -2.29. The van der Waals surface area contributed by atoms with Crippen LogP contribution in [0.3, 0.4) is 0 Å². The van der Waals surface area contributed by atoms with Crippen LogP contribution < -0.4 is 5.32 Å². The number of fused-ring (bicyclic) bond motifs is 1. The molecule has 1 aliphatic rings. The zero-order valence-corrected chi connectivity index (χ0v) is 14.4. The largest absolute Gasteiger partial charge is 0.382 e. The molecular formula is C23H24N2. The summed E-state index contributed by atoms with van der Waals surface area (Å²) >= 11 is 0. The molecule has 2 atom stereocenters. The van der Waals surface area contributed by atoms with E-state index in [2.05, 4.69) is 78.1 Å². The van der Waals surface area contributed by atoms with Gasteiger partial charge < -0.3 is 5.32 Å². The topological polar surface area (TPSA) is 24.9 Å². The van der Waals surface area contributed by atoms with Gasteiger partial charge in [-0.1, -0.05) is 54.6 Å². The van der Waals surface area contributed by atoms with E-state index in [9.17, 15) is 0 Å². The number of allylic oxidation sites excluding steroid dienone is 2. The molecule has 0 bridgehead atoms. The van der Waals surface area contributed by atoms with Crippen molar-refractivity contribution in [2.75, 3.05) is 5.32 Å². The Bertz CT molecular complexity index is 849. The molecule has 0 fully saturated rings. The molecule has 0 saturated carbocycles. The fraction of sp³-hybridized carbons (Fsp3) is 0.261. The van der Waals surface area contributed by atoms with Crippen molar-refractivity contribution in [2.45, 2.75) is 37.6 Å². The van der Waals surface area contributed by atoms with E-state index in [1.165, 1.54) is 22.2 Å². The van der Waals surface area contributed by atoms with E-state index in [4.69, 9.17) is 4.98 Å². The number of benzene rings is 2. The van der Waals surface area contributed by atoms with Crippen LogP contribution in [-0.2, 0) is 0 Å². The summed E-state index contributed by atoms with van der Waals surface area (Å²) in [5, 5.41) is 6.36. The molecule has 0 saturated heterocycles. The first-order valence-corrected chi connectivity index (χ1v) is 9.22. The molecule has 0 radical (unpaired) electrons. The fourth-order valence-corrected chi connectivity index (χ4v) is 3.88. The molecule has 3 aromatic rings. The molecular weight excluding hydrogens is 304 g/mol. The molecule has 25 heavy (non-hydrogen) atoms. The zero-order chi connectivity index (χ0) is 16.9. The number of para-hydroxylation sites is 1. The third-order valence-corrected chi connectivity index (χ3v) is 5.12. The molecule has 2 heteroatoms. The Labute approximate surface area is 149 Å².